The van der Waals surface area contributed by atoms with Crippen LogP contribution in [0.4, 0.5) is 16.3 Å². The van der Waals surface area contributed by atoms with E-state index in [1.54, 1.807) is 18.6 Å². The van der Waals surface area contributed by atoms with Crippen LogP contribution in [-0.4, -0.2) is 47.1 Å². The number of hydrogen-bond donors (Lipinski definition) is 1. The molecule has 1 fully saturated rings. The Morgan fingerprint density at radius 3 is 2.68 bits per heavy atom. The van der Waals surface area contributed by atoms with Crippen molar-refractivity contribution in [2.75, 3.05) is 36.4 Å². The van der Waals surface area contributed by atoms with Gasteiger partial charge < -0.3 is 15.1 Å². The summed E-state index contributed by atoms with van der Waals surface area (Å²) in [4.78, 5) is 24.6. The Hall–Kier alpha value is -1.90. The Morgan fingerprint density at radius 1 is 1.18 bits per heavy atom. The molecule has 7 heteroatoms. The van der Waals surface area contributed by atoms with E-state index >= 15 is 0 Å². The average Bonchev–Trinajstić information content (AvgIpc) is 2.56. The lowest BCUT2D eigenvalue weighted by Crippen LogP contribution is -2.50. The van der Waals surface area contributed by atoms with Crippen LogP contribution in [-0.2, 0) is 0 Å². The molecule has 2 heterocycles. The van der Waals surface area contributed by atoms with Gasteiger partial charge in [0.25, 0.3) is 0 Å². The summed E-state index contributed by atoms with van der Waals surface area (Å²) < 4.78 is 1.10. The Kier molecular flexibility index (Phi) is 4.71. The molecule has 0 aliphatic carbocycles. The molecule has 0 bridgehead atoms. The van der Waals surface area contributed by atoms with Crippen LogP contribution in [0.2, 0.25) is 0 Å². The van der Waals surface area contributed by atoms with Crippen molar-refractivity contribution >= 4 is 40.1 Å². The molecule has 0 unspecified atom stereocenters. The Morgan fingerprint density at radius 2 is 2.00 bits per heavy atom. The second-order valence-electron chi connectivity index (χ2n) is 4.98. The number of amides is 2. The molecule has 2 aromatic rings. The van der Waals surface area contributed by atoms with Crippen molar-refractivity contribution in [2.45, 2.75) is 0 Å². The zero-order valence-electron chi connectivity index (χ0n) is 11.9. The number of nitrogens with zero attached hydrogens (tertiary/aromatic N) is 4. The van der Waals surface area contributed by atoms with Crippen molar-refractivity contribution in [3.8, 4) is 0 Å². The molecule has 1 aliphatic rings. The topological polar surface area (TPSA) is 61.4 Å². The number of benzene rings is 1. The first-order valence-electron chi connectivity index (χ1n) is 7.05. The van der Waals surface area contributed by atoms with Crippen molar-refractivity contribution in [3.05, 3.63) is 46.4 Å². The maximum atomic E-state index is 12.3. The van der Waals surface area contributed by atoms with Crippen LogP contribution in [0.1, 0.15) is 0 Å². The number of piperazine rings is 1. The van der Waals surface area contributed by atoms with E-state index in [4.69, 9.17) is 0 Å². The molecule has 1 aromatic carbocycles. The fourth-order valence-corrected chi connectivity index (χ4v) is 2.91. The minimum absolute atomic E-state index is 0.0548. The third kappa shape index (κ3) is 3.65. The predicted molar refractivity (Wildman–Crippen MR) is 94.0 cm³/mol. The molecular weight excluding hydrogens is 393 g/mol. The zero-order valence-corrected chi connectivity index (χ0v) is 14.1. The molecule has 6 nitrogen and oxygen atoms in total. The number of hydrogen-bond acceptors (Lipinski definition) is 4. The molecule has 0 saturated carbocycles. The third-order valence-corrected chi connectivity index (χ3v) is 4.19. The lowest BCUT2D eigenvalue weighted by Gasteiger charge is -2.35. The van der Waals surface area contributed by atoms with Crippen LogP contribution in [0.15, 0.2) is 42.9 Å². The van der Waals surface area contributed by atoms with Gasteiger partial charge in [0.15, 0.2) is 0 Å². The summed E-state index contributed by atoms with van der Waals surface area (Å²) in [5.74, 6) is 0.861. The minimum atomic E-state index is -0.0548. The van der Waals surface area contributed by atoms with Gasteiger partial charge in [-0.3, -0.25) is 4.98 Å². The summed E-state index contributed by atoms with van der Waals surface area (Å²) >= 11 is 2.23. The highest BCUT2D eigenvalue weighted by molar-refractivity contribution is 14.1. The van der Waals surface area contributed by atoms with Gasteiger partial charge in [0.05, 0.1) is 6.20 Å². The average molecular weight is 409 g/mol. The van der Waals surface area contributed by atoms with Gasteiger partial charge in [-0.05, 0) is 40.8 Å². The largest absolute Gasteiger partial charge is 0.352 e. The smallest absolute Gasteiger partial charge is 0.321 e. The number of halogens is 1. The highest BCUT2D eigenvalue weighted by Crippen LogP contribution is 2.15. The van der Waals surface area contributed by atoms with Gasteiger partial charge in [-0.2, -0.15) is 0 Å². The maximum Gasteiger partial charge on any atom is 0.321 e. The van der Waals surface area contributed by atoms with Crippen LogP contribution >= 0.6 is 22.6 Å². The van der Waals surface area contributed by atoms with Gasteiger partial charge >= 0.3 is 6.03 Å². The number of anilines is 2. The summed E-state index contributed by atoms with van der Waals surface area (Å²) in [5, 5.41) is 2.94. The van der Waals surface area contributed by atoms with Crippen LogP contribution < -0.4 is 10.2 Å². The van der Waals surface area contributed by atoms with E-state index < -0.39 is 0 Å². The van der Waals surface area contributed by atoms with Crippen LogP contribution in [0.25, 0.3) is 0 Å². The normalized spacial score (nSPS) is 14.8. The molecule has 1 N–H and O–H groups in total. The SMILES string of the molecule is O=C(Nc1cccc(I)c1)N1CCN(c2cnccn2)CC1. The Bertz CT molecular complexity index is 643. The molecule has 0 radical (unpaired) electrons. The maximum absolute atomic E-state index is 12.3. The molecule has 3 rings (SSSR count). The van der Waals surface area contributed by atoms with Crippen molar-refractivity contribution in [2.24, 2.45) is 0 Å². The van der Waals surface area contributed by atoms with E-state index in [0.29, 0.717) is 13.1 Å². The van der Waals surface area contributed by atoms with Gasteiger partial charge in [-0.25, -0.2) is 9.78 Å². The van der Waals surface area contributed by atoms with E-state index in [1.807, 2.05) is 29.2 Å². The van der Waals surface area contributed by atoms with Gasteiger partial charge in [0.2, 0.25) is 0 Å². The molecule has 114 valence electrons. The predicted octanol–water partition coefficient (Wildman–Crippen LogP) is 2.44. The van der Waals surface area contributed by atoms with Gasteiger partial charge in [-0.1, -0.05) is 6.07 Å². The summed E-state index contributed by atoms with van der Waals surface area (Å²) in [6.45, 7) is 2.87. The van der Waals surface area contributed by atoms with Crippen molar-refractivity contribution in [1.29, 1.82) is 0 Å². The van der Waals surface area contributed by atoms with Crippen molar-refractivity contribution < 1.29 is 4.79 Å². The van der Waals surface area contributed by atoms with Crippen LogP contribution in [0, 0.1) is 3.57 Å². The number of aromatic nitrogens is 2. The van der Waals surface area contributed by atoms with E-state index in [1.165, 1.54) is 0 Å². The highest BCUT2D eigenvalue weighted by Gasteiger charge is 2.21. The van der Waals surface area contributed by atoms with Crippen molar-refractivity contribution in [3.63, 3.8) is 0 Å². The van der Waals surface area contributed by atoms with Gasteiger partial charge in [0, 0.05) is 47.8 Å². The standard InChI is InChI=1S/C15H16IN5O/c16-12-2-1-3-13(10-12)19-15(22)21-8-6-20(7-9-21)14-11-17-4-5-18-14/h1-5,10-11H,6-9H2,(H,19,22). The number of carbonyl (C=O) groups is 1. The molecule has 2 amide bonds. The van der Waals surface area contributed by atoms with E-state index in [2.05, 4.69) is 42.8 Å². The summed E-state index contributed by atoms with van der Waals surface area (Å²) in [6, 6.07) is 7.73. The van der Waals surface area contributed by atoms with Crippen LogP contribution in [0.3, 0.4) is 0 Å². The number of carbonyl (C=O) groups excluding carboxylic acids is 1. The van der Waals surface area contributed by atoms with Gasteiger partial charge in [-0.15, -0.1) is 0 Å². The molecule has 0 atom stereocenters. The van der Waals surface area contributed by atoms with E-state index in [0.717, 1.165) is 28.2 Å². The fourth-order valence-electron chi connectivity index (χ4n) is 2.36. The van der Waals surface area contributed by atoms with Gasteiger partial charge in [0.1, 0.15) is 5.82 Å². The first kappa shape index (κ1) is 15.0. The minimum Gasteiger partial charge on any atom is -0.352 e. The second-order valence-corrected chi connectivity index (χ2v) is 6.22. The van der Waals surface area contributed by atoms with Crippen molar-refractivity contribution in [1.82, 2.24) is 14.9 Å². The lowest BCUT2D eigenvalue weighted by atomic mass is 10.3. The summed E-state index contributed by atoms with van der Waals surface area (Å²) in [5.41, 5.74) is 0.827. The number of nitrogens with one attached hydrogen (secondary N) is 1. The van der Waals surface area contributed by atoms with E-state index in [9.17, 15) is 4.79 Å². The van der Waals surface area contributed by atoms with Crippen LogP contribution in [0.5, 0.6) is 0 Å². The van der Waals surface area contributed by atoms with E-state index in [-0.39, 0.29) is 6.03 Å². The highest BCUT2D eigenvalue weighted by atomic mass is 127. The Labute approximate surface area is 142 Å². The first-order chi connectivity index (χ1) is 10.7. The monoisotopic (exact) mass is 409 g/mol. The Balaban J connectivity index is 1.56. The molecule has 1 saturated heterocycles. The number of rotatable bonds is 2. The zero-order chi connectivity index (χ0) is 15.4. The molecular formula is C15H16IN5O. The fraction of sp³-hybridized carbons (Fsp3) is 0.267. The summed E-state index contributed by atoms with van der Waals surface area (Å²) in [7, 11) is 0. The quantitative estimate of drug-likeness (QED) is 0.775. The molecule has 22 heavy (non-hydrogen) atoms. The third-order valence-electron chi connectivity index (χ3n) is 3.52. The molecule has 1 aromatic heterocycles. The molecule has 0 spiro atoms. The second kappa shape index (κ2) is 6.91. The lowest BCUT2D eigenvalue weighted by molar-refractivity contribution is 0.208. The first-order valence-corrected chi connectivity index (χ1v) is 8.13. The molecule has 1 aliphatic heterocycles. The number of urea groups is 1. The summed E-state index contributed by atoms with van der Waals surface area (Å²) in [6.07, 6.45) is 5.10.